The van der Waals surface area contributed by atoms with Crippen molar-refractivity contribution in [1.29, 1.82) is 0 Å². The Balaban J connectivity index is 2.29. The highest BCUT2D eigenvalue weighted by atomic mass is 79.9. The molecule has 1 aromatic heterocycles. The molecule has 0 spiro atoms. The van der Waals surface area contributed by atoms with Crippen molar-refractivity contribution in [2.45, 2.75) is 4.83 Å². The van der Waals surface area contributed by atoms with Gasteiger partial charge in [-0.2, -0.15) is 0 Å². The lowest BCUT2D eigenvalue weighted by Gasteiger charge is -2.05. The van der Waals surface area contributed by atoms with Crippen LogP contribution in [0.5, 0.6) is 0 Å². The molecule has 0 aliphatic carbocycles. The molecule has 0 amide bonds. The fraction of sp³-hybridized carbons (Fsp3) is 0.0909. The van der Waals surface area contributed by atoms with Crippen LogP contribution >= 0.6 is 27.5 Å². The average molecular weight is 272 g/mol. The van der Waals surface area contributed by atoms with Crippen molar-refractivity contribution in [1.82, 2.24) is 0 Å². The van der Waals surface area contributed by atoms with Crippen molar-refractivity contribution in [3.05, 3.63) is 59.0 Å². The molecule has 1 aromatic carbocycles. The van der Waals surface area contributed by atoms with E-state index in [1.807, 2.05) is 36.4 Å². The first-order chi connectivity index (χ1) is 6.77. The lowest BCUT2D eigenvalue weighted by Crippen LogP contribution is -1.88. The van der Waals surface area contributed by atoms with E-state index in [2.05, 4.69) is 15.9 Å². The van der Waals surface area contributed by atoms with Crippen LogP contribution in [-0.2, 0) is 0 Å². The molecule has 3 heteroatoms. The lowest BCUT2D eigenvalue weighted by molar-refractivity contribution is 0.521. The molecule has 0 aliphatic heterocycles. The first-order valence-corrected chi connectivity index (χ1v) is 5.51. The summed E-state index contributed by atoms with van der Waals surface area (Å²) in [7, 11) is 0. The second-order valence-corrected chi connectivity index (χ2v) is 4.20. The van der Waals surface area contributed by atoms with Gasteiger partial charge in [0.25, 0.3) is 0 Å². The standard InChI is InChI=1S/C11H8BrClO/c12-11(8-4-2-1-3-5-8)9-6-7-10(13)14-9/h1-7,11H. The van der Waals surface area contributed by atoms with Crippen LogP contribution in [0.4, 0.5) is 0 Å². The Labute approximate surface area is 95.8 Å². The third-order valence-corrected chi connectivity index (χ3v) is 3.12. The van der Waals surface area contributed by atoms with E-state index in [4.69, 9.17) is 16.0 Å². The Hall–Kier alpha value is -0.730. The molecule has 0 bridgehead atoms. The molecule has 72 valence electrons. The van der Waals surface area contributed by atoms with Gasteiger partial charge in [-0.1, -0.05) is 46.3 Å². The van der Waals surface area contributed by atoms with E-state index in [0.29, 0.717) is 5.22 Å². The fourth-order valence-electron chi connectivity index (χ4n) is 1.25. The maximum atomic E-state index is 5.70. The minimum absolute atomic E-state index is 0.0659. The van der Waals surface area contributed by atoms with Gasteiger partial charge in [-0.15, -0.1) is 0 Å². The maximum absolute atomic E-state index is 5.70. The number of rotatable bonds is 2. The van der Waals surface area contributed by atoms with Gasteiger partial charge < -0.3 is 4.42 Å². The van der Waals surface area contributed by atoms with E-state index in [9.17, 15) is 0 Å². The van der Waals surface area contributed by atoms with Crippen LogP contribution < -0.4 is 0 Å². The SMILES string of the molecule is Clc1ccc(C(Br)c2ccccc2)o1. The number of benzene rings is 1. The number of hydrogen-bond acceptors (Lipinski definition) is 1. The molecule has 0 N–H and O–H groups in total. The van der Waals surface area contributed by atoms with E-state index in [1.54, 1.807) is 6.07 Å². The molecule has 14 heavy (non-hydrogen) atoms. The third-order valence-electron chi connectivity index (χ3n) is 1.94. The highest BCUT2D eigenvalue weighted by Gasteiger charge is 2.13. The Kier molecular flexibility index (Phi) is 2.94. The topological polar surface area (TPSA) is 13.1 Å². The molecule has 1 heterocycles. The van der Waals surface area contributed by atoms with E-state index < -0.39 is 0 Å². The first kappa shape index (κ1) is 9.81. The van der Waals surface area contributed by atoms with Gasteiger partial charge in [0.15, 0.2) is 5.22 Å². The van der Waals surface area contributed by atoms with Gasteiger partial charge in [0.1, 0.15) is 5.76 Å². The van der Waals surface area contributed by atoms with Gasteiger partial charge >= 0.3 is 0 Å². The monoisotopic (exact) mass is 270 g/mol. The van der Waals surface area contributed by atoms with Crippen LogP contribution in [0, 0.1) is 0 Å². The molecule has 1 nitrogen and oxygen atoms in total. The summed E-state index contributed by atoms with van der Waals surface area (Å²) in [6.45, 7) is 0. The molecule has 0 radical (unpaired) electrons. The van der Waals surface area contributed by atoms with Crippen LogP contribution in [0.3, 0.4) is 0 Å². The Morgan fingerprint density at radius 3 is 2.36 bits per heavy atom. The second-order valence-electron chi connectivity index (χ2n) is 2.92. The summed E-state index contributed by atoms with van der Waals surface area (Å²) >= 11 is 9.26. The number of halogens is 2. The summed E-state index contributed by atoms with van der Waals surface area (Å²) in [6, 6.07) is 13.7. The number of hydrogen-bond donors (Lipinski definition) is 0. The number of alkyl halides is 1. The molecular formula is C11H8BrClO. The van der Waals surface area contributed by atoms with Crippen LogP contribution in [0.1, 0.15) is 16.2 Å². The fourth-order valence-corrected chi connectivity index (χ4v) is 1.95. The Morgan fingerprint density at radius 2 is 1.79 bits per heavy atom. The van der Waals surface area contributed by atoms with E-state index >= 15 is 0 Å². The zero-order valence-corrected chi connectivity index (χ0v) is 9.62. The molecule has 0 fully saturated rings. The molecule has 1 atom stereocenters. The second kappa shape index (κ2) is 4.20. The lowest BCUT2D eigenvalue weighted by atomic mass is 10.1. The normalized spacial score (nSPS) is 12.7. The summed E-state index contributed by atoms with van der Waals surface area (Å²) in [6.07, 6.45) is 0. The van der Waals surface area contributed by atoms with Crippen LogP contribution in [-0.4, -0.2) is 0 Å². The minimum Gasteiger partial charge on any atom is -0.448 e. The van der Waals surface area contributed by atoms with E-state index in [1.165, 1.54) is 0 Å². The highest BCUT2D eigenvalue weighted by molar-refractivity contribution is 9.09. The van der Waals surface area contributed by atoms with Crippen molar-refractivity contribution in [2.24, 2.45) is 0 Å². The average Bonchev–Trinajstić information content (AvgIpc) is 2.65. The molecule has 0 saturated heterocycles. The van der Waals surface area contributed by atoms with Crippen LogP contribution in [0.15, 0.2) is 46.9 Å². The zero-order valence-electron chi connectivity index (χ0n) is 7.28. The van der Waals surface area contributed by atoms with Crippen LogP contribution in [0.2, 0.25) is 5.22 Å². The summed E-state index contributed by atoms with van der Waals surface area (Å²) < 4.78 is 5.32. The summed E-state index contributed by atoms with van der Waals surface area (Å²) in [4.78, 5) is 0.0659. The van der Waals surface area contributed by atoms with Crippen molar-refractivity contribution in [3.63, 3.8) is 0 Å². The molecule has 2 rings (SSSR count). The molecule has 1 unspecified atom stereocenters. The van der Waals surface area contributed by atoms with Gasteiger partial charge in [-0.3, -0.25) is 0 Å². The smallest absolute Gasteiger partial charge is 0.193 e. The predicted molar refractivity (Wildman–Crippen MR) is 60.9 cm³/mol. The molecular weight excluding hydrogens is 263 g/mol. The summed E-state index contributed by atoms with van der Waals surface area (Å²) in [5, 5.41) is 0.417. The van der Waals surface area contributed by atoms with Gasteiger partial charge in [0, 0.05) is 0 Å². The molecule has 0 saturated carbocycles. The van der Waals surface area contributed by atoms with Crippen molar-refractivity contribution in [3.8, 4) is 0 Å². The highest BCUT2D eigenvalue weighted by Crippen LogP contribution is 2.32. The summed E-state index contributed by atoms with van der Waals surface area (Å²) in [5.74, 6) is 0.821. The van der Waals surface area contributed by atoms with Crippen LogP contribution in [0.25, 0.3) is 0 Å². The largest absolute Gasteiger partial charge is 0.448 e. The Bertz CT molecular complexity index is 410. The quantitative estimate of drug-likeness (QED) is 0.737. The van der Waals surface area contributed by atoms with Crippen molar-refractivity contribution >= 4 is 27.5 Å². The van der Waals surface area contributed by atoms with E-state index in [0.717, 1.165) is 11.3 Å². The first-order valence-electron chi connectivity index (χ1n) is 4.21. The van der Waals surface area contributed by atoms with Gasteiger partial charge in [-0.05, 0) is 29.3 Å². The molecule has 2 aromatic rings. The minimum atomic E-state index is 0.0659. The maximum Gasteiger partial charge on any atom is 0.193 e. The summed E-state index contributed by atoms with van der Waals surface area (Å²) in [5.41, 5.74) is 1.15. The van der Waals surface area contributed by atoms with Crippen molar-refractivity contribution < 1.29 is 4.42 Å². The molecule has 0 aliphatic rings. The van der Waals surface area contributed by atoms with Crippen molar-refractivity contribution in [2.75, 3.05) is 0 Å². The zero-order chi connectivity index (χ0) is 9.97. The predicted octanol–water partition coefficient (Wildman–Crippen LogP) is 4.42. The van der Waals surface area contributed by atoms with Gasteiger partial charge in [0.05, 0.1) is 4.83 Å². The van der Waals surface area contributed by atoms with E-state index in [-0.39, 0.29) is 4.83 Å². The third kappa shape index (κ3) is 2.02. The van der Waals surface area contributed by atoms with Gasteiger partial charge in [0.2, 0.25) is 0 Å². The van der Waals surface area contributed by atoms with Gasteiger partial charge in [-0.25, -0.2) is 0 Å². The number of furan rings is 1. The Morgan fingerprint density at radius 1 is 1.07 bits per heavy atom.